The molecule has 0 atom stereocenters. The lowest BCUT2D eigenvalue weighted by molar-refractivity contribution is 0.589. The highest BCUT2D eigenvalue weighted by molar-refractivity contribution is 8.41. The van der Waals surface area contributed by atoms with Gasteiger partial charge in [-0.25, -0.2) is 0 Å². The van der Waals surface area contributed by atoms with Crippen molar-refractivity contribution in [2.75, 3.05) is 31.1 Å². The topological polar surface area (TPSA) is 27.3 Å². The zero-order chi connectivity index (χ0) is 76.0. The minimum absolute atomic E-state index is 1.00. The van der Waals surface area contributed by atoms with Crippen molar-refractivity contribution in [3.63, 3.8) is 0 Å². The van der Waals surface area contributed by atoms with E-state index in [1.807, 2.05) is 0 Å². The first-order valence-electron chi connectivity index (χ1n) is 33.5. The third kappa shape index (κ3) is 25.9. The van der Waals surface area contributed by atoms with Crippen molar-refractivity contribution in [2.24, 2.45) is 0 Å². The summed E-state index contributed by atoms with van der Waals surface area (Å²) in [6.07, 6.45) is -63.1. The van der Waals surface area contributed by atoms with Gasteiger partial charge >= 0.3 is 0 Å². The molecule has 1 fully saturated rings. The average Bonchev–Trinajstić information content (AvgIpc) is 0.898. The second-order valence-corrected chi connectivity index (χ2v) is 27.8. The van der Waals surface area contributed by atoms with Gasteiger partial charge in [-0.3, -0.25) is 0 Å². The quantitative estimate of drug-likeness (QED) is 0.0654. The van der Waals surface area contributed by atoms with Crippen molar-refractivity contribution >= 4 is 558 Å². The molecule has 3 nitrogen and oxygen atoms in total. The minimum atomic E-state index is -1.89. The van der Waals surface area contributed by atoms with Crippen LogP contribution in [0.25, 0.3) is 11.1 Å². The van der Waals surface area contributed by atoms with Gasteiger partial charge in [-0.05, 0) is 40.5 Å². The van der Waals surface area contributed by atoms with E-state index in [1.54, 1.807) is 0 Å². The maximum absolute atomic E-state index is 6.88. The van der Waals surface area contributed by atoms with Crippen molar-refractivity contribution in [1.82, 2.24) is 10.6 Å². The van der Waals surface area contributed by atoms with Gasteiger partial charge in [0.1, 0.15) is 0 Å². The van der Waals surface area contributed by atoms with Gasteiger partial charge in [0, 0.05) is 597 Å². The Morgan fingerprint density at radius 1 is 0.202 bits per heavy atom. The first-order chi connectivity index (χ1) is 45.8. The van der Waals surface area contributed by atoms with E-state index in [0.29, 0.717) is 0 Å². The number of fused-ring (bicyclic) bond motifs is 1. The zero-order valence-corrected chi connectivity index (χ0v) is 57.3. The van der Waals surface area contributed by atoms with Crippen LogP contribution in [0.2, 0.25) is 0 Å². The Bertz CT molecular complexity index is 2170. The summed E-state index contributed by atoms with van der Waals surface area (Å²) in [5.41, 5.74) is 6.85. The van der Waals surface area contributed by atoms with Crippen LogP contribution in [-0.2, 0) is 13.1 Å². The van der Waals surface area contributed by atoms with Gasteiger partial charge in [0.2, 0.25) is 0 Å². The summed E-state index contributed by atoms with van der Waals surface area (Å²) in [4.78, 5) is 2.45. The van der Waals surface area contributed by atoms with E-state index in [0.717, 1.165) is 39.3 Å². The van der Waals surface area contributed by atoms with Gasteiger partial charge in [-0.15, -0.1) is 0 Å². The third-order valence-electron chi connectivity index (χ3n) is 21.0. The summed E-state index contributed by atoms with van der Waals surface area (Å²) >= 11 is 0. The predicted octanol–water partition coefficient (Wildman–Crippen LogP) is -27.3. The van der Waals surface area contributed by atoms with E-state index in [-0.39, 0.29) is 0 Å². The first-order valence-corrected chi connectivity index (χ1v) is 33.5. The summed E-state index contributed by atoms with van der Waals surface area (Å²) in [7, 11) is 274. The fraction of sp³-hybridized carbons (Fsp3) is 0.333. The highest BCUT2D eigenvalue weighted by Gasteiger charge is 2.66. The maximum Gasteiger partial charge on any atom is 0.0367 e. The molecule has 0 bridgehead atoms. The van der Waals surface area contributed by atoms with E-state index in [2.05, 4.69) is 58.0 Å². The van der Waals surface area contributed by atoms with Crippen LogP contribution >= 0.6 is 0 Å². The van der Waals surface area contributed by atoms with Crippen LogP contribution in [-0.4, -0.2) is 578 Å². The fourth-order valence-corrected chi connectivity index (χ4v) is 17.1. The number of anilines is 1. The molecule has 0 aliphatic carbocycles. The molecule has 342 valence electrons. The molecule has 81 heteroatoms. The summed E-state index contributed by atoms with van der Waals surface area (Å²) in [6, 6.07) is 15.8. The molecule has 2 N–H and O–H groups in total. The van der Waals surface area contributed by atoms with Gasteiger partial charge in [-0.2, -0.15) is 0 Å². The van der Waals surface area contributed by atoms with Gasteiger partial charge in [0.05, 0.1) is 0 Å². The molecule has 2 aromatic rings. The van der Waals surface area contributed by atoms with Gasteiger partial charge in [-0.1, -0.05) is 24.3 Å². The highest BCUT2D eigenvalue weighted by atomic mass is 15.2. The Labute approximate surface area is 671 Å². The molecule has 0 unspecified atom stereocenters. The van der Waals surface area contributed by atoms with Crippen molar-refractivity contribution in [1.29, 1.82) is 0 Å². The van der Waals surface area contributed by atoms with E-state index in [9.17, 15) is 0 Å². The largest absolute Gasteiger partial charge is 0.369 e. The molecule has 0 saturated carbocycles. The Hall–Kier alpha value is 3.22. The van der Waals surface area contributed by atoms with E-state index < -0.39 is 243 Å². The standard InChI is InChI=1S/C18H21N3.B78/c1-2-16-12-20-13-17(16)11-15(1)14-3-5-18(6-4-14)21-9-7-19-8-10-21;1-41(2)61(42(3)4)71(62(43(5)6)44(7)8)76(72(63(45(9)10)46(11)12)64(47(13)14)48(15)16)78(75(69(57(33)34)58(35)36)70(59(37)38)60(39)40)77(73(65(49(17)18)50(19)20)66(51(21)22)52(23)24)74(67(53(25)26)54(27)28)68(55(29)30)56(31)32/h1-6,11,19-20H,7-10,12-13H2;. The monoisotopic (exact) mass is 1140 g/mol. The van der Waals surface area contributed by atoms with Crippen LogP contribution in [0.4, 0.5) is 5.69 Å². The van der Waals surface area contributed by atoms with Crippen LogP contribution in [0.15, 0.2) is 42.5 Å². The fourth-order valence-electron chi connectivity index (χ4n) is 17.1. The Balaban J connectivity index is 0.00000100. The number of hydrogen-bond donors (Lipinski definition) is 2. The van der Waals surface area contributed by atoms with Crippen LogP contribution in [0.3, 0.4) is 0 Å². The first kappa shape index (κ1) is 96.4. The van der Waals surface area contributed by atoms with Crippen LogP contribution in [0, 0.1) is 0 Å². The Morgan fingerprint density at radius 2 is 0.384 bits per heavy atom. The summed E-state index contributed by atoms with van der Waals surface area (Å²) in [6.45, 7) is 6.38. The lowest BCUT2D eigenvalue weighted by Crippen LogP contribution is -2.99. The number of nitrogens with one attached hydrogen (secondary N) is 2. The molecule has 80 radical (unpaired) electrons. The SMILES string of the molecule is [B]B([B])B(B([B])[B])B(B(B([B])[B])B([B])[B])B(B(B(B([B])[B])B([B])[B])B(B([B])[B])B([B])[B])B(B(B(B([B])[B])B([B])[B])B(B([B])[B])B([B])[B])B(B(B(B([B])[B])B([B])[B])B(B([B])[B])B([B])[B])B(B(B([B])[B])B([B])[B])B(B([B])[B])B([B])[B].c1cc(N2CCNCC2)ccc1-c1ccc2c(c1)CNC2. The number of hydrogen-bond acceptors (Lipinski definition) is 3. The molecule has 0 aromatic heterocycles. The van der Waals surface area contributed by atoms with E-state index >= 15 is 0 Å². The average molecular weight is 1120 g/mol. The minimum Gasteiger partial charge on any atom is -0.369 e. The van der Waals surface area contributed by atoms with E-state index in [4.69, 9.17) is 309 Å². The van der Waals surface area contributed by atoms with Crippen LogP contribution in [0.1, 0.15) is 11.1 Å². The molecular weight excluding hydrogens is 1100 g/mol. The smallest absolute Gasteiger partial charge is 0.0367 e. The van der Waals surface area contributed by atoms with Crippen molar-refractivity contribution in [3.8, 4) is 11.1 Å². The zero-order valence-electron chi connectivity index (χ0n) is 57.3. The molecule has 4 rings (SSSR count). The molecule has 2 aromatic carbocycles. The van der Waals surface area contributed by atoms with Gasteiger partial charge < -0.3 is 15.5 Å². The van der Waals surface area contributed by atoms with Crippen molar-refractivity contribution in [2.45, 2.75) is 13.1 Å². The lowest BCUT2D eigenvalue weighted by atomic mass is 8.20. The number of benzene rings is 2. The Morgan fingerprint density at radius 3 is 0.586 bits per heavy atom. The lowest BCUT2D eigenvalue weighted by Gasteiger charge is -2.61. The number of piperazine rings is 1. The van der Waals surface area contributed by atoms with E-state index in [1.165, 1.54) is 27.9 Å². The summed E-state index contributed by atoms with van der Waals surface area (Å²) in [5, 5.41) is 6.80. The molecular formula is C18H21B78N3. The maximum atomic E-state index is 6.88. The number of nitrogens with zero attached hydrogens (tertiary/aromatic N) is 1. The van der Waals surface area contributed by atoms with Crippen LogP contribution < -0.4 is 15.5 Å². The second kappa shape index (κ2) is 45.1. The number of rotatable bonds is 39. The second-order valence-electron chi connectivity index (χ2n) is 27.8. The van der Waals surface area contributed by atoms with Gasteiger partial charge in [0.15, 0.2) is 0 Å². The molecule has 0 spiro atoms. The van der Waals surface area contributed by atoms with Gasteiger partial charge in [0.25, 0.3) is 0 Å². The molecule has 2 aliphatic rings. The highest BCUT2D eigenvalue weighted by Crippen LogP contribution is 2.30. The molecule has 1 saturated heterocycles. The molecule has 99 heavy (non-hydrogen) atoms. The summed E-state index contributed by atoms with van der Waals surface area (Å²) in [5.74, 6) is 0. The Kier molecular flexibility index (Phi) is 43.9. The van der Waals surface area contributed by atoms with Crippen molar-refractivity contribution in [3.05, 3.63) is 53.6 Å². The predicted molar refractivity (Wildman–Crippen MR) is 536 cm³/mol. The van der Waals surface area contributed by atoms with Crippen molar-refractivity contribution < 1.29 is 0 Å². The molecule has 2 heterocycles. The summed E-state index contributed by atoms with van der Waals surface area (Å²) < 4.78 is 0. The normalized spacial score (nSPS) is 11.5. The molecule has 2 aliphatic heterocycles. The third-order valence-corrected chi connectivity index (χ3v) is 21.0. The molecule has 0 amide bonds. The van der Waals surface area contributed by atoms with Crippen LogP contribution in [0.5, 0.6) is 0 Å².